The van der Waals surface area contributed by atoms with E-state index in [1.807, 2.05) is 0 Å². The van der Waals surface area contributed by atoms with E-state index in [0.29, 0.717) is 12.8 Å². The minimum absolute atomic E-state index is 0.209. The lowest BCUT2D eigenvalue weighted by atomic mass is 9.97. The van der Waals surface area contributed by atoms with Gasteiger partial charge < -0.3 is 65.1 Å². The highest BCUT2D eigenvalue weighted by Gasteiger charge is 2.51. The van der Waals surface area contributed by atoms with Gasteiger partial charge >= 0.3 is 0 Å². The molecule has 14 nitrogen and oxygen atoms in total. The summed E-state index contributed by atoms with van der Waals surface area (Å²) in [6.07, 6.45) is 25.7. The van der Waals surface area contributed by atoms with Gasteiger partial charge in [-0.05, 0) is 12.8 Å². The highest BCUT2D eigenvalue weighted by molar-refractivity contribution is 5.76. The highest BCUT2D eigenvalue weighted by atomic mass is 16.7. The topological polar surface area (TPSA) is 228 Å². The number of rotatable bonds is 44. The molecule has 0 radical (unpaired) electrons. The van der Waals surface area contributed by atoms with Crippen molar-refractivity contribution >= 4 is 5.91 Å². The zero-order chi connectivity index (χ0) is 48.9. The average Bonchev–Trinajstić information content (AvgIpc) is 3.32. The lowest BCUT2D eigenvalue weighted by molar-refractivity contribution is -0.359. The molecule has 0 aromatic heterocycles. The Morgan fingerprint density at radius 1 is 0.478 bits per heavy atom. The van der Waals surface area contributed by atoms with Gasteiger partial charge in [0.05, 0.1) is 32.0 Å². The second-order valence-corrected chi connectivity index (χ2v) is 20.1. The fourth-order valence-electron chi connectivity index (χ4n) is 9.53. The normalized spacial score (nSPS) is 26.5. The number of carbonyl (C=O) groups is 1. The second kappa shape index (κ2) is 40.6. The summed E-state index contributed by atoms with van der Waals surface area (Å²) in [6, 6.07) is -0.820. The van der Waals surface area contributed by atoms with Crippen LogP contribution in [0.5, 0.6) is 0 Å². The Kier molecular flexibility index (Phi) is 37.6. The Morgan fingerprint density at radius 2 is 0.851 bits per heavy atom. The van der Waals surface area contributed by atoms with Gasteiger partial charge in [-0.2, -0.15) is 0 Å². The zero-order valence-electron chi connectivity index (χ0n) is 42.4. The van der Waals surface area contributed by atoms with Crippen molar-refractivity contribution in [2.75, 3.05) is 19.8 Å². The molecule has 12 unspecified atom stereocenters. The standard InChI is InChI=1S/C53H103NO13/c1-3-5-7-9-11-13-14-15-16-17-18-19-20-21-22-23-24-25-26-27-28-29-30-32-34-36-42(57)41(54-45(58)37-35-33-31-12-10-8-6-4-2)40-64-52-50(63)48(61)51(44(39-56)66-52)67-53-49(62)47(60)46(59)43(38-55)65-53/h41-44,46-53,55-57,59-63H,3-40H2,1-2H3,(H,54,58). The molecule has 2 saturated heterocycles. The molecule has 2 heterocycles. The van der Waals surface area contributed by atoms with E-state index < -0.39 is 86.8 Å². The van der Waals surface area contributed by atoms with E-state index in [1.54, 1.807) is 0 Å². The molecule has 0 aromatic rings. The molecule has 2 fully saturated rings. The van der Waals surface area contributed by atoms with Gasteiger partial charge in [0.15, 0.2) is 12.6 Å². The lowest BCUT2D eigenvalue weighted by Crippen LogP contribution is -2.65. The number of amides is 1. The largest absolute Gasteiger partial charge is 0.394 e. The lowest BCUT2D eigenvalue weighted by Gasteiger charge is -2.46. The number of aliphatic hydroxyl groups excluding tert-OH is 8. The molecular weight excluding hydrogens is 859 g/mol. The zero-order valence-corrected chi connectivity index (χ0v) is 42.4. The third kappa shape index (κ3) is 27.4. The maximum atomic E-state index is 13.1. The SMILES string of the molecule is CCCCCCCCCCCCCCCCCCCCCCCCCCCC(O)C(COC1OC(CO)C(OC2OC(CO)C(O)C(O)C2O)C(O)C1O)NC(=O)CCCCCCCCCC. The van der Waals surface area contributed by atoms with E-state index >= 15 is 0 Å². The van der Waals surface area contributed by atoms with Gasteiger partial charge in [0.1, 0.15) is 48.8 Å². The third-order valence-corrected chi connectivity index (χ3v) is 14.1. The third-order valence-electron chi connectivity index (χ3n) is 14.1. The summed E-state index contributed by atoms with van der Waals surface area (Å²) in [5.41, 5.74) is 0. The van der Waals surface area contributed by atoms with E-state index in [2.05, 4.69) is 19.2 Å². The van der Waals surface area contributed by atoms with E-state index in [9.17, 15) is 45.6 Å². The Balaban J connectivity index is 1.69. The van der Waals surface area contributed by atoms with Crippen LogP contribution < -0.4 is 5.32 Å². The van der Waals surface area contributed by atoms with Gasteiger partial charge in [-0.3, -0.25) is 4.79 Å². The van der Waals surface area contributed by atoms with Crippen LogP contribution in [0.4, 0.5) is 0 Å². The van der Waals surface area contributed by atoms with E-state index in [0.717, 1.165) is 51.4 Å². The molecule has 2 aliphatic heterocycles. The van der Waals surface area contributed by atoms with Crippen molar-refractivity contribution in [3.8, 4) is 0 Å². The summed E-state index contributed by atoms with van der Waals surface area (Å²) in [5, 5.41) is 86.8. The average molecular weight is 962 g/mol. The molecule has 2 rings (SSSR count). The smallest absolute Gasteiger partial charge is 0.220 e. The fraction of sp³-hybridized carbons (Fsp3) is 0.981. The number of ether oxygens (including phenoxy) is 4. The van der Waals surface area contributed by atoms with E-state index in [1.165, 1.54) is 161 Å². The van der Waals surface area contributed by atoms with Crippen LogP contribution in [0.3, 0.4) is 0 Å². The van der Waals surface area contributed by atoms with Crippen LogP contribution >= 0.6 is 0 Å². The summed E-state index contributed by atoms with van der Waals surface area (Å²) in [6.45, 7) is 2.84. The minimum Gasteiger partial charge on any atom is -0.394 e. The van der Waals surface area contributed by atoms with Crippen LogP contribution in [-0.4, -0.2) is 140 Å². The summed E-state index contributed by atoms with van der Waals surface area (Å²) in [4.78, 5) is 13.1. The highest BCUT2D eigenvalue weighted by Crippen LogP contribution is 2.30. The molecule has 2 aliphatic rings. The molecule has 1 amide bonds. The maximum absolute atomic E-state index is 13.1. The Labute approximate surface area is 406 Å². The molecule has 14 heteroatoms. The van der Waals surface area contributed by atoms with Crippen LogP contribution in [0, 0.1) is 0 Å². The van der Waals surface area contributed by atoms with E-state index in [4.69, 9.17) is 18.9 Å². The van der Waals surface area contributed by atoms with Crippen molar-refractivity contribution in [3.05, 3.63) is 0 Å². The fourth-order valence-corrected chi connectivity index (χ4v) is 9.53. The minimum atomic E-state index is -1.78. The second-order valence-electron chi connectivity index (χ2n) is 20.1. The molecule has 12 atom stereocenters. The van der Waals surface area contributed by atoms with Crippen molar-refractivity contribution in [1.29, 1.82) is 0 Å². The van der Waals surface area contributed by atoms with Crippen LogP contribution in [0.25, 0.3) is 0 Å². The van der Waals surface area contributed by atoms with Crippen LogP contribution in [-0.2, 0) is 23.7 Å². The Hall–Kier alpha value is -1.01. The van der Waals surface area contributed by atoms with Crippen molar-refractivity contribution in [2.24, 2.45) is 0 Å². The first kappa shape index (κ1) is 62.1. The molecular formula is C53H103NO13. The summed E-state index contributed by atoms with van der Waals surface area (Å²) >= 11 is 0. The molecule has 0 saturated carbocycles. The first-order valence-electron chi connectivity index (χ1n) is 27.8. The van der Waals surface area contributed by atoms with Crippen molar-refractivity contribution in [1.82, 2.24) is 5.32 Å². The molecule has 0 aliphatic carbocycles. The maximum Gasteiger partial charge on any atom is 0.220 e. The van der Waals surface area contributed by atoms with Gasteiger partial charge in [-0.25, -0.2) is 0 Å². The summed E-state index contributed by atoms with van der Waals surface area (Å²) in [5.74, 6) is -0.209. The Bertz CT molecular complexity index is 1140. The van der Waals surface area contributed by atoms with Gasteiger partial charge in [-0.15, -0.1) is 0 Å². The van der Waals surface area contributed by atoms with Crippen LogP contribution in [0.15, 0.2) is 0 Å². The first-order valence-corrected chi connectivity index (χ1v) is 27.8. The summed E-state index contributed by atoms with van der Waals surface area (Å²) < 4.78 is 22.7. The monoisotopic (exact) mass is 962 g/mol. The van der Waals surface area contributed by atoms with Crippen molar-refractivity contribution in [3.63, 3.8) is 0 Å². The molecule has 0 spiro atoms. The molecule has 0 aromatic carbocycles. The van der Waals surface area contributed by atoms with Gasteiger partial charge in [0.25, 0.3) is 0 Å². The number of hydrogen-bond acceptors (Lipinski definition) is 13. The van der Waals surface area contributed by atoms with Crippen molar-refractivity contribution in [2.45, 2.75) is 312 Å². The Morgan fingerprint density at radius 3 is 1.27 bits per heavy atom. The summed E-state index contributed by atoms with van der Waals surface area (Å²) in [7, 11) is 0. The van der Waals surface area contributed by atoms with Crippen LogP contribution in [0.1, 0.15) is 239 Å². The number of nitrogens with one attached hydrogen (secondary N) is 1. The number of unbranched alkanes of at least 4 members (excludes halogenated alkanes) is 31. The van der Waals surface area contributed by atoms with Crippen LogP contribution in [0.2, 0.25) is 0 Å². The first-order chi connectivity index (χ1) is 32.6. The van der Waals surface area contributed by atoms with Crippen molar-refractivity contribution < 1.29 is 64.6 Å². The molecule has 9 N–H and O–H groups in total. The van der Waals surface area contributed by atoms with Gasteiger partial charge in [0.2, 0.25) is 5.91 Å². The number of aliphatic hydroxyl groups is 8. The van der Waals surface area contributed by atoms with Gasteiger partial charge in [0, 0.05) is 6.42 Å². The number of hydrogen-bond donors (Lipinski definition) is 9. The van der Waals surface area contributed by atoms with E-state index in [-0.39, 0.29) is 12.5 Å². The number of carbonyl (C=O) groups excluding carboxylic acids is 1. The quantitative estimate of drug-likeness (QED) is 0.0263. The molecule has 0 bridgehead atoms. The molecule has 67 heavy (non-hydrogen) atoms. The molecule has 398 valence electrons. The predicted molar refractivity (Wildman–Crippen MR) is 263 cm³/mol. The van der Waals surface area contributed by atoms with Gasteiger partial charge in [-0.1, -0.05) is 219 Å². The predicted octanol–water partition coefficient (Wildman–Crippen LogP) is 8.17.